The summed E-state index contributed by atoms with van der Waals surface area (Å²) in [4.78, 5) is 10.5. The van der Waals surface area contributed by atoms with Crippen LogP contribution in [0.1, 0.15) is 23.7 Å². The van der Waals surface area contributed by atoms with E-state index in [4.69, 9.17) is 11.6 Å². The van der Waals surface area contributed by atoms with Gasteiger partial charge < -0.3 is 0 Å². The second-order valence-corrected chi connectivity index (χ2v) is 5.67. The minimum absolute atomic E-state index is 0.0858. The Kier molecular flexibility index (Phi) is 4.47. The van der Waals surface area contributed by atoms with Gasteiger partial charge in [0.2, 0.25) is 10.0 Å². The highest BCUT2D eigenvalue weighted by atomic mass is 35.5. The van der Waals surface area contributed by atoms with Crippen molar-refractivity contribution in [3.8, 4) is 0 Å². The molecule has 4 nitrogen and oxygen atoms in total. The van der Waals surface area contributed by atoms with Gasteiger partial charge in [-0.3, -0.25) is 9.52 Å². The molecular formula is C10H11ClFNO3S. The number of rotatable bonds is 5. The Morgan fingerprint density at radius 1 is 1.47 bits per heavy atom. The molecule has 7 heteroatoms. The van der Waals surface area contributed by atoms with E-state index in [1.807, 2.05) is 0 Å². The highest BCUT2D eigenvalue weighted by Gasteiger charge is 2.15. The van der Waals surface area contributed by atoms with E-state index in [1.165, 1.54) is 0 Å². The van der Waals surface area contributed by atoms with E-state index in [-0.39, 0.29) is 28.3 Å². The first-order valence-electron chi connectivity index (χ1n) is 4.84. The van der Waals surface area contributed by atoms with Gasteiger partial charge >= 0.3 is 0 Å². The summed E-state index contributed by atoms with van der Waals surface area (Å²) in [5.41, 5.74) is -0.597. The monoisotopic (exact) mass is 279 g/mol. The Hall–Kier alpha value is -1.14. The molecule has 0 saturated heterocycles. The third-order valence-electron chi connectivity index (χ3n) is 1.93. The lowest BCUT2D eigenvalue weighted by atomic mass is 10.2. The van der Waals surface area contributed by atoms with Crippen molar-refractivity contribution in [1.82, 2.24) is 0 Å². The van der Waals surface area contributed by atoms with Crippen molar-refractivity contribution in [1.29, 1.82) is 0 Å². The normalized spacial score (nSPS) is 11.2. The van der Waals surface area contributed by atoms with Gasteiger partial charge in [-0.2, -0.15) is 0 Å². The highest BCUT2D eigenvalue weighted by Crippen LogP contribution is 2.24. The van der Waals surface area contributed by atoms with E-state index in [9.17, 15) is 17.6 Å². The lowest BCUT2D eigenvalue weighted by molar-refractivity contribution is 0.112. The van der Waals surface area contributed by atoms with E-state index in [0.29, 0.717) is 6.42 Å². The van der Waals surface area contributed by atoms with Crippen LogP contribution in [0.15, 0.2) is 12.1 Å². The van der Waals surface area contributed by atoms with Crippen molar-refractivity contribution in [2.24, 2.45) is 0 Å². The SMILES string of the molecule is CCCS(=O)(=O)Nc1cc(Cl)cc(C=O)c1F. The number of nitrogens with one attached hydrogen (secondary N) is 1. The Labute approximate surface area is 104 Å². The van der Waals surface area contributed by atoms with Crippen LogP contribution in [0.3, 0.4) is 0 Å². The van der Waals surface area contributed by atoms with Crippen LogP contribution in [0.5, 0.6) is 0 Å². The predicted molar refractivity (Wildman–Crippen MR) is 64.5 cm³/mol. The molecule has 1 rings (SSSR count). The average Bonchev–Trinajstić information content (AvgIpc) is 2.22. The molecule has 94 valence electrons. The maximum absolute atomic E-state index is 13.6. The summed E-state index contributed by atoms with van der Waals surface area (Å²) < 4.78 is 38.6. The topological polar surface area (TPSA) is 63.2 Å². The number of aldehydes is 1. The highest BCUT2D eigenvalue weighted by molar-refractivity contribution is 7.92. The lowest BCUT2D eigenvalue weighted by Crippen LogP contribution is -2.17. The van der Waals surface area contributed by atoms with Crippen LogP contribution in [-0.2, 0) is 10.0 Å². The summed E-state index contributed by atoms with van der Waals surface area (Å²) in [5, 5.41) is 0.0858. The molecule has 1 aromatic carbocycles. The lowest BCUT2D eigenvalue weighted by Gasteiger charge is -2.09. The standard InChI is InChI=1S/C10H11ClFNO3S/c1-2-3-17(15,16)13-9-5-8(11)4-7(6-14)10(9)12/h4-6,13H,2-3H2,1H3. The summed E-state index contributed by atoms with van der Waals surface area (Å²) in [7, 11) is -3.61. The number of anilines is 1. The first-order chi connectivity index (χ1) is 7.89. The zero-order valence-corrected chi connectivity index (χ0v) is 10.6. The average molecular weight is 280 g/mol. The van der Waals surface area contributed by atoms with E-state index < -0.39 is 15.8 Å². The molecule has 0 fully saturated rings. The van der Waals surface area contributed by atoms with Gasteiger partial charge in [0.05, 0.1) is 17.0 Å². The Morgan fingerprint density at radius 3 is 2.65 bits per heavy atom. The number of halogens is 2. The largest absolute Gasteiger partial charge is 0.298 e. The van der Waals surface area contributed by atoms with Gasteiger partial charge in [0.15, 0.2) is 12.1 Å². The maximum atomic E-state index is 13.6. The van der Waals surface area contributed by atoms with E-state index >= 15 is 0 Å². The van der Waals surface area contributed by atoms with Crippen LogP contribution in [0.4, 0.5) is 10.1 Å². The van der Waals surface area contributed by atoms with Crippen LogP contribution in [0, 0.1) is 5.82 Å². The molecule has 0 aliphatic carbocycles. The summed E-state index contributed by atoms with van der Waals surface area (Å²) in [5.74, 6) is -1.06. The van der Waals surface area contributed by atoms with Gasteiger partial charge in [-0.05, 0) is 18.6 Å². The molecule has 0 aliphatic rings. The van der Waals surface area contributed by atoms with Gasteiger partial charge in [0.1, 0.15) is 0 Å². The van der Waals surface area contributed by atoms with Gasteiger partial charge in [-0.1, -0.05) is 18.5 Å². The van der Waals surface area contributed by atoms with E-state index in [0.717, 1.165) is 12.1 Å². The molecule has 0 radical (unpaired) electrons. The molecule has 0 saturated carbocycles. The zero-order valence-electron chi connectivity index (χ0n) is 9.04. The molecule has 0 heterocycles. The molecule has 1 N–H and O–H groups in total. The Morgan fingerprint density at radius 2 is 2.12 bits per heavy atom. The third-order valence-corrected chi connectivity index (χ3v) is 3.63. The minimum Gasteiger partial charge on any atom is -0.298 e. The molecule has 17 heavy (non-hydrogen) atoms. The Bertz CT molecular complexity index is 531. The molecule has 0 aliphatic heterocycles. The first-order valence-corrected chi connectivity index (χ1v) is 6.87. The quantitative estimate of drug-likeness (QED) is 0.842. The van der Waals surface area contributed by atoms with Crippen molar-refractivity contribution in [2.75, 3.05) is 10.5 Å². The van der Waals surface area contributed by atoms with Gasteiger partial charge in [-0.25, -0.2) is 12.8 Å². The van der Waals surface area contributed by atoms with Crippen LogP contribution in [0.2, 0.25) is 5.02 Å². The van der Waals surface area contributed by atoms with Crippen molar-refractivity contribution < 1.29 is 17.6 Å². The summed E-state index contributed by atoms with van der Waals surface area (Å²) in [6.45, 7) is 1.68. The number of carbonyl (C=O) groups excluding carboxylic acids is 1. The molecule has 0 unspecified atom stereocenters. The number of benzene rings is 1. The summed E-state index contributed by atoms with van der Waals surface area (Å²) >= 11 is 5.65. The first kappa shape index (κ1) is 13.9. The number of hydrogen-bond donors (Lipinski definition) is 1. The maximum Gasteiger partial charge on any atom is 0.232 e. The smallest absolute Gasteiger partial charge is 0.232 e. The zero-order chi connectivity index (χ0) is 13.1. The van der Waals surface area contributed by atoms with Crippen molar-refractivity contribution in [3.63, 3.8) is 0 Å². The summed E-state index contributed by atoms with van der Waals surface area (Å²) in [6, 6.07) is 2.25. The Balaban J connectivity index is 3.15. The fourth-order valence-corrected chi connectivity index (χ4v) is 2.61. The molecule has 0 spiro atoms. The molecule has 0 amide bonds. The number of hydrogen-bond acceptors (Lipinski definition) is 3. The summed E-state index contributed by atoms with van der Waals surface area (Å²) in [6.07, 6.45) is 0.677. The number of carbonyl (C=O) groups is 1. The van der Waals surface area contributed by atoms with Crippen molar-refractivity contribution in [3.05, 3.63) is 28.5 Å². The predicted octanol–water partition coefficient (Wildman–Crippen LogP) is 2.44. The van der Waals surface area contributed by atoms with Crippen LogP contribution in [0.25, 0.3) is 0 Å². The fourth-order valence-electron chi connectivity index (χ4n) is 1.26. The van der Waals surface area contributed by atoms with Crippen LogP contribution in [-0.4, -0.2) is 20.5 Å². The second kappa shape index (κ2) is 5.46. The van der Waals surface area contributed by atoms with Crippen LogP contribution < -0.4 is 4.72 Å². The fraction of sp³-hybridized carbons (Fsp3) is 0.300. The molecule has 0 aromatic heterocycles. The van der Waals surface area contributed by atoms with Gasteiger partial charge in [-0.15, -0.1) is 0 Å². The molecule has 1 aromatic rings. The van der Waals surface area contributed by atoms with E-state index in [2.05, 4.69) is 4.72 Å². The minimum atomic E-state index is -3.61. The van der Waals surface area contributed by atoms with Gasteiger partial charge in [0, 0.05) is 5.02 Å². The van der Waals surface area contributed by atoms with Crippen molar-refractivity contribution in [2.45, 2.75) is 13.3 Å². The van der Waals surface area contributed by atoms with Crippen molar-refractivity contribution >= 4 is 33.6 Å². The second-order valence-electron chi connectivity index (χ2n) is 3.40. The van der Waals surface area contributed by atoms with Gasteiger partial charge in [0.25, 0.3) is 0 Å². The third kappa shape index (κ3) is 3.67. The van der Waals surface area contributed by atoms with Crippen LogP contribution >= 0.6 is 11.6 Å². The molecular weight excluding hydrogens is 269 g/mol. The molecule has 0 atom stereocenters. The molecule has 0 bridgehead atoms. The number of sulfonamides is 1. The van der Waals surface area contributed by atoms with E-state index in [1.54, 1.807) is 6.92 Å².